The number of fused-ring (bicyclic) bond motifs is 13. The minimum absolute atomic E-state index is 1.00. The Labute approximate surface area is 343 Å². The summed E-state index contributed by atoms with van der Waals surface area (Å²) in [5.74, 6) is 0. The first-order valence-electron chi connectivity index (χ1n) is 20.1. The number of hydrogen-bond donors (Lipinski definition) is 0. The van der Waals surface area contributed by atoms with E-state index in [4.69, 9.17) is 4.98 Å². The van der Waals surface area contributed by atoms with E-state index in [1.54, 1.807) is 0 Å². The smallest absolute Gasteiger partial charge is 0.0802 e. The summed E-state index contributed by atoms with van der Waals surface area (Å²) in [6.45, 7) is 0. The molecule has 13 aromatic rings. The highest BCUT2D eigenvalue weighted by Crippen LogP contribution is 2.45. The fourth-order valence-electron chi connectivity index (χ4n) is 9.70. The van der Waals surface area contributed by atoms with Gasteiger partial charge in [0.15, 0.2) is 0 Å². The minimum atomic E-state index is 1.00. The summed E-state index contributed by atoms with van der Waals surface area (Å²) in [6.07, 6.45) is 0. The van der Waals surface area contributed by atoms with Crippen molar-refractivity contribution in [2.45, 2.75) is 0 Å². The Balaban J connectivity index is 1.10. The van der Waals surface area contributed by atoms with Crippen molar-refractivity contribution in [3.05, 3.63) is 200 Å². The lowest BCUT2D eigenvalue weighted by Crippen LogP contribution is -2.00. The van der Waals surface area contributed by atoms with E-state index in [2.05, 4.69) is 209 Å². The minimum Gasteiger partial charge on any atom is -0.309 e. The molecule has 0 fully saturated rings. The summed E-state index contributed by atoms with van der Waals surface area (Å²) in [5.41, 5.74) is 12.4. The number of pyridine rings is 1. The molecule has 4 heterocycles. The van der Waals surface area contributed by atoms with Gasteiger partial charge in [-0.3, -0.25) is 0 Å². The van der Waals surface area contributed by atoms with Crippen molar-refractivity contribution >= 4 is 96.8 Å². The van der Waals surface area contributed by atoms with E-state index in [1.807, 2.05) is 11.3 Å². The van der Waals surface area contributed by atoms with Gasteiger partial charge in [-0.2, -0.15) is 0 Å². The summed E-state index contributed by atoms with van der Waals surface area (Å²) in [4.78, 5) is 5.48. The Morgan fingerprint density at radius 2 is 0.831 bits per heavy atom. The standard InChI is InChI=1S/C55H33N3S/c1-7-22-47-39(16-1)45-28-29-46-44-21-6-12-27-52(44)59-55(46)53(45)54(56-47)35-15-13-14-34(30-35)36-31-37(57-48-23-8-2-17-40(48)41-18-3-9-24-49(41)57)33-38(32-36)58-50-25-10-4-19-42(50)43-20-5-11-26-51(43)58/h1-33H. The molecule has 0 aliphatic heterocycles. The highest BCUT2D eigenvalue weighted by Gasteiger charge is 2.20. The van der Waals surface area contributed by atoms with Gasteiger partial charge in [0.05, 0.1) is 33.3 Å². The molecule has 59 heavy (non-hydrogen) atoms. The van der Waals surface area contributed by atoms with Gasteiger partial charge in [-0.15, -0.1) is 11.3 Å². The molecule has 4 heteroatoms. The third-order valence-corrected chi connectivity index (χ3v) is 13.5. The van der Waals surface area contributed by atoms with Crippen molar-refractivity contribution in [1.82, 2.24) is 14.1 Å². The number of thiophene rings is 1. The maximum Gasteiger partial charge on any atom is 0.0802 e. The van der Waals surface area contributed by atoms with E-state index in [0.29, 0.717) is 0 Å². The number of para-hydroxylation sites is 5. The molecule has 13 rings (SSSR count). The van der Waals surface area contributed by atoms with Crippen LogP contribution in [0, 0.1) is 0 Å². The summed E-state index contributed by atoms with van der Waals surface area (Å²) >= 11 is 1.87. The van der Waals surface area contributed by atoms with Crippen LogP contribution in [-0.2, 0) is 0 Å². The van der Waals surface area contributed by atoms with E-state index in [0.717, 1.165) is 39.3 Å². The number of benzene rings is 9. The van der Waals surface area contributed by atoms with Gasteiger partial charge in [-0.1, -0.05) is 140 Å². The maximum absolute atomic E-state index is 5.48. The molecule has 0 atom stereocenters. The number of rotatable bonds is 4. The van der Waals surface area contributed by atoms with Crippen molar-refractivity contribution in [3.63, 3.8) is 0 Å². The number of nitrogens with zero attached hydrogens (tertiary/aromatic N) is 3. The zero-order valence-electron chi connectivity index (χ0n) is 31.8. The summed E-state index contributed by atoms with van der Waals surface area (Å²) in [6, 6.07) is 73.2. The van der Waals surface area contributed by atoms with Crippen LogP contribution in [0.1, 0.15) is 0 Å². The normalized spacial score (nSPS) is 12.1. The summed E-state index contributed by atoms with van der Waals surface area (Å²) in [7, 11) is 0. The van der Waals surface area contributed by atoms with Crippen LogP contribution in [0.4, 0.5) is 0 Å². The molecule has 0 unspecified atom stereocenters. The Morgan fingerprint density at radius 1 is 0.339 bits per heavy atom. The molecule has 0 saturated heterocycles. The lowest BCUT2D eigenvalue weighted by molar-refractivity contribution is 1.13. The first-order valence-corrected chi connectivity index (χ1v) is 20.9. The fraction of sp³-hybridized carbons (Fsp3) is 0. The molecule has 3 nitrogen and oxygen atoms in total. The average molecular weight is 768 g/mol. The van der Waals surface area contributed by atoms with E-state index < -0.39 is 0 Å². The monoisotopic (exact) mass is 767 g/mol. The Kier molecular flexibility index (Phi) is 6.89. The molecule has 9 aromatic carbocycles. The van der Waals surface area contributed by atoms with Crippen LogP contribution in [0.15, 0.2) is 200 Å². The molecule has 0 aliphatic rings. The molecule has 0 spiro atoms. The van der Waals surface area contributed by atoms with Gasteiger partial charge >= 0.3 is 0 Å². The van der Waals surface area contributed by atoms with Gasteiger partial charge in [-0.25, -0.2) is 4.98 Å². The van der Waals surface area contributed by atoms with Gasteiger partial charge in [0.1, 0.15) is 0 Å². The SMILES string of the molecule is c1cc(-c2cc(-n3c4ccccc4c4ccccc43)cc(-n3c4ccccc4c4ccccc43)c2)cc(-c2nc3ccccc3c3ccc4c5ccccc5sc4c23)c1. The molecular formula is C55H33N3S. The van der Waals surface area contributed by atoms with E-state index in [1.165, 1.54) is 79.9 Å². The summed E-state index contributed by atoms with van der Waals surface area (Å²) < 4.78 is 7.45. The van der Waals surface area contributed by atoms with Gasteiger partial charge in [-0.05, 0) is 77.2 Å². The highest BCUT2D eigenvalue weighted by molar-refractivity contribution is 7.26. The van der Waals surface area contributed by atoms with Gasteiger partial charge < -0.3 is 9.13 Å². The number of hydrogen-bond acceptors (Lipinski definition) is 2. The second-order valence-electron chi connectivity index (χ2n) is 15.5. The van der Waals surface area contributed by atoms with E-state index in [9.17, 15) is 0 Å². The van der Waals surface area contributed by atoms with E-state index >= 15 is 0 Å². The second-order valence-corrected chi connectivity index (χ2v) is 16.6. The molecular weight excluding hydrogens is 735 g/mol. The molecule has 0 saturated carbocycles. The Bertz CT molecular complexity index is 3620. The largest absolute Gasteiger partial charge is 0.309 e. The first kappa shape index (κ1) is 32.5. The third kappa shape index (κ3) is 4.78. The number of aromatic nitrogens is 3. The lowest BCUT2D eigenvalue weighted by Gasteiger charge is -2.16. The van der Waals surface area contributed by atoms with Gasteiger partial charge in [0.2, 0.25) is 0 Å². The Morgan fingerprint density at radius 3 is 1.44 bits per heavy atom. The second kappa shape index (κ2) is 12.5. The fourth-order valence-corrected chi connectivity index (χ4v) is 11.0. The van der Waals surface area contributed by atoms with Crippen LogP contribution in [0.3, 0.4) is 0 Å². The topological polar surface area (TPSA) is 22.8 Å². The molecule has 274 valence electrons. The molecule has 0 bridgehead atoms. The van der Waals surface area contributed by atoms with Crippen LogP contribution < -0.4 is 0 Å². The van der Waals surface area contributed by atoms with Crippen LogP contribution >= 0.6 is 11.3 Å². The van der Waals surface area contributed by atoms with Crippen molar-refractivity contribution in [3.8, 4) is 33.8 Å². The quantitative estimate of drug-likeness (QED) is 0.164. The van der Waals surface area contributed by atoms with Crippen molar-refractivity contribution in [2.75, 3.05) is 0 Å². The zero-order valence-corrected chi connectivity index (χ0v) is 32.6. The van der Waals surface area contributed by atoms with Crippen LogP contribution in [-0.4, -0.2) is 14.1 Å². The molecule has 0 N–H and O–H groups in total. The third-order valence-electron chi connectivity index (χ3n) is 12.3. The molecule has 4 aromatic heterocycles. The highest BCUT2D eigenvalue weighted by atomic mass is 32.1. The van der Waals surface area contributed by atoms with Gasteiger partial charge in [0.25, 0.3) is 0 Å². The predicted octanol–water partition coefficient (Wildman–Crippen LogP) is 15.3. The molecule has 0 aliphatic carbocycles. The average Bonchev–Trinajstić information content (AvgIpc) is 3.97. The van der Waals surface area contributed by atoms with Crippen molar-refractivity contribution < 1.29 is 0 Å². The lowest BCUT2D eigenvalue weighted by atomic mass is 9.95. The van der Waals surface area contributed by atoms with Gasteiger partial charge in [0, 0.05) is 69.4 Å². The Hall–Kier alpha value is -7.53. The van der Waals surface area contributed by atoms with Crippen molar-refractivity contribution in [1.29, 1.82) is 0 Å². The first-order chi connectivity index (χ1) is 29.3. The van der Waals surface area contributed by atoms with Crippen LogP contribution in [0.25, 0.3) is 119 Å². The molecule has 0 amide bonds. The van der Waals surface area contributed by atoms with Crippen LogP contribution in [0.5, 0.6) is 0 Å². The maximum atomic E-state index is 5.48. The van der Waals surface area contributed by atoms with E-state index in [-0.39, 0.29) is 0 Å². The van der Waals surface area contributed by atoms with Crippen molar-refractivity contribution in [2.24, 2.45) is 0 Å². The summed E-state index contributed by atoms with van der Waals surface area (Å²) in [5, 5.41) is 11.2. The molecule has 0 radical (unpaired) electrons. The van der Waals surface area contributed by atoms with Crippen LogP contribution in [0.2, 0.25) is 0 Å². The predicted molar refractivity (Wildman–Crippen MR) is 252 cm³/mol. The zero-order chi connectivity index (χ0) is 38.6.